The fourth-order valence-electron chi connectivity index (χ4n) is 2.06. The van der Waals surface area contributed by atoms with Crippen LogP contribution >= 0.6 is 0 Å². The van der Waals surface area contributed by atoms with E-state index in [-0.39, 0.29) is 5.91 Å². The molecule has 1 amide bonds. The number of rotatable bonds is 7. The molecule has 0 fully saturated rings. The van der Waals surface area contributed by atoms with Crippen LogP contribution in [0.5, 0.6) is 11.5 Å². The van der Waals surface area contributed by atoms with E-state index in [4.69, 9.17) is 9.47 Å². The maximum Gasteiger partial charge on any atom is 0.224 e. The normalized spacial score (nSPS) is 10.1. The van der Waals surface area contributed by atoms with E-state index in [1.165, 1.54) is 0 Å². The molecule has 2 aromatic carbocycles. The number of ether oxygens (including phenoxy) is 2. The zero-order valence-corrected chi connectivity index (χ0v) is 13.0. The molecule has 4 nitrogen and oxygen atoms in total. The van der Waals surface area contributed by atoms with Crippen LogP contribution < -0.4 is 14.8 Å². The van der Waals surface area contributed by atoms with E-state index >= 15 is 0 Å². The van der Waals surface area contributed by atoms with Crippen molar-refractivity contribution in [2.45, 2.75) is 13.3 Å². The van der Waals surface area contributed by atoms with Crippen LogP contribution in [0.25, 0.3) is 0 Å². The molecule has 22 heavy (non-hydrogen) atoms. The van der Waals surface area contributed by atoms with Gasteiger partial charge in [0.1, 0.15) is 18.1 Å². The number of hydrogen-bond donors (Lipinski definition) is 1. The first-order valence-corrected chi connectivity index (χ1v) is 7.26. The van der Waals surface area contributed by atoms with Gasteiger partial charge in [-0.25, -0.2) is 0 Å². The highest BCUT2D eigenvalue weighted by Gasteiger charge is 2.03. The zero-order chi connectivity index (χ0) is 15.8. The summed E-state index contributed by atoms with van der Waals surface area (Å²) in [5, 5.41) is 2.85. The van der Waals surface area contributed by atoms with E-state index < -0.39 is 0 Å². The summed E-state index contributed by atoms with van der Waals surface area (Å²) in [7, 11) is 1.62. The molecule has 0 heterocycles. The second-order valence-corrected chi connectivity index (χ2v) is 5.04. The quantitative estimate of drug-likeness (QED) is 0.800. The number of aryl methyl sites for hydroxylation is 1. The first-order chi connectivity index (χ1) is 10.7. The van der Waals surface area contributed by atoms with Gasteiger partial charge < -0.3 is 14.8 Å². The molecule has 0 saturated carbocycles. The van der Waals surface area contributed by atoms with E-state index in [2.05, 4.69) is 5.32 Å². The number of hydrogen-bond acceptors (Lipinski definition) is 3. The average molecular weight is 299 g/mol. The Morgan fingerprint density at radius 3 is 2.55 bits per heavy atom. The number of carbonyl (C=O) groups is 1. The summed E-state index contributed by atoms with van der Waals surface area (Å²) < 4.78 is 10.7. The fraction of sp³-hybridized carbons (Fsp3) is 0.278. The molecule has 0 saturated heterocycles. The van der Waals surface area contributed by atoms with Gasteiger partial charge in [-0.2, -0.15) is 0 Å². The number of carbonyl (C=O) groups excluding carboxylic acids is 1. The van der Waals surface area contributed by atoms with Crippen LogP contribution in [0.2, 0.25) is 0 Å². The summed E-state index contributed by atoms with van der Waals surface area (Å²) in [6.07, 6.45) is 0.356. The van der Waals surface area contributed by atoms with E-state index in [0.29, 0.717) is 19.6 Å². The van der Waals surface area contributed by atoms with Crippen LogP contribution in [-0.2, 0) is 11.2 Å². The van der Waals surface area contributed by atoms with Crippen molar-refractivity contribution in [1.82, 2.24) is 5.32 Å². The minimum absolute atomic E-state index is 0.0157. The molecule has 0 aliphatic carbocycles. The second kappa shape index (κ2) is 8.08. The summed E-state index contributed by atoms with van der Waals surface area (Å²) >= 11 is 0. The van der Waals surface area contributed by atoms with Crippen molar-refractivity contribution in [3.05, 3.63) is 59.7 Å². The van der Waals surface area contributed by atoms with Gasteiger partial charge in [0.25, 0.3) is 0 Å². The Labute approximate surface area is 131 Å². The molecule has 4 heteroatoms. The first-order valence-electron chi connectivity index (χ1n) is 7.26. The van der Waals surface area contributed by atoms with Crippen LogP contribution in [0.15, 0.2) is 48.5 Å². The van der Waals surface area contributed by atoms with Gasteiger partial charge in [0.2, 0.25) is 5.91 Å². The first kappa shape index (κ1) is 15.9. The molecule has 116 valence electrons. The van der Waals surface area contributed by atoms with Crippen molar-refractivity contribution in [3.63, 3.8) is 0 Å². The van der Waals surface area contributed by atoms with Gasteiger partial charge >= 0.3 is 0 Å². The molecule has 0 aliphatic rings. The van der Waals surface area contributed by atoms with Crippen molar-refractivity contribution in [2.24, 2.45) is 0 Å². The molecule has 0 spiro atoms. The van der Waals surface area contributed by atoms with Crippen molar-refractivity contribution >= 4 is 5.91 Å². The topological polar surface area (TPSA) is 47.6 Å². The molecule has 0 aliphatic heterocycles. The third-order valence-electron chi connectivity index (χ3n) is 3.21. The van der Waals surface area contributed by atoms with E-state index in [9.17, 15) is 4.79 Å². The Kier molecular flexibility index (Phi) is 5.83. The standard InChI is InChI=1S/C18H21NO3/c1-14-4-3-5-17(12-14)22-11-10-19-18(20)13-15-6-8-16(21-2)9-7-15/h3-9,12H,10-11,13H2,1-2H3,(H,19,20). The maximum absolute atomic E-state index is 11.8. The van der Waals surface area contributed by atoms with Crippen molar-refractivity contribution < 1.29 is 14.3 Å². The third-order valence-corrected chi connectivity index (χ3v) is 3.21. The van der Waals surface area contributed by atoms with Crippen molar-refractivity contribution in [1.29, 1.82) is 0 Å². The largest absolute Gasteiger partial charge is 0.497 e. The van der Waals surface area contributed by atoms with Gasteiger partial charge in [-0.15, -0.1) is 0 Å². The molecule has 0 bridgehead atoms. The predicted molar refractivity (Wildman–Crippen MR) is 86.4 cm³/mol. The Balaban J connectivity index is 1.69. The highest BCUT2D eigenvalue weighted by molar-refractivity contribution is 5.78. The lowest BCUT2D eigenvalue weighted by Crippen LogP contribution is -2.29. The van der Waals surface area contributed by atoms with Crippen LogP contribution in [0.1, 0.15) is 11.1 Å². The van der Waals surface area contributed by atoms with Crippen molar-refractivity contribution in [2.75, 3.05) is 20.3 Å². The molecule has 2 aromatic rings. The number of nitrogens with one attached hydrogen (secondary N) is 1. The Bertz CT molecular complexity index is 608. The Hall–Kier alpha value is -2.49. The summed E-state index contributed by atoms with van der Waals surface area (Å²) in [5.74, 6) is 1.60. The molecule has 0 unspecified atom stereocenters. The summed E-state index contributed by atoms with van der Waals surface area (Å²) in [6, 6.07) is 15.3. The van der Waals surface area contributed by atoms with E-state index in [0.717, 1.165) is 22.6 Å². The molecular formula is C18H21NO3. The smallest absolute Gasteiger partial charge is 0.224 e. The van der Waals surface area contributed by atoms with E-state index in [1.807, 2.05) is 55.5 Å². The minimum atomic E-state index is -0.0157. The predicted octanol–water partition coefficient (Wildman–Crippen LogP) is 2.74. The Morgan fingerprint density at radius 2 is 1.86 bits per heavy atom. The SMILES string of the molecule is COc1ccc(CC(=O)NCCOc2cccc(C)c2)cc1. The zero-order valence-electron chi connectivity index (χ0n) is 13.0. The average Bonchev–Trinajstić information content (AvgIpc) is 2.52. The van der Waals surface area contributed by atoms with Gasteiger partial charge in [0, 0.05) is 0 Å². The maximum atomic E-state index is 11.8. The molecule has 0 radical (unpaired) electrons. The molecular weight excluding hydrogens is 278 g/mol. The van der Waals surface area contributed by atoms with Crippen LogP contribution in [0.4, 0.5) is 0 Å². The molecule has 0 aromatic heterocycles. The van der Waals surface area contributed by atoms with Gasteiger partial charge in [-0.1, -0.05) is 24.3 Å². The lowest BCUT2D eigenvalue weighted by molar-refractivity contribution is -0.120. The molecule has 0 atom stereocenters. The number of amides is 1. The van der Waals surface area contributed by atoms with Crippen molar-refractivity contribution in [3.8, 4) is 11.5 Å². The summed E-state index contributed by atoms with van der Waals surface area (Å²) in [5.41, 5.74) is 2.11. The van der Waals surface area contributed by atoms with Gasteiger partial charge in [-0.05, 0) is 42.3 Å². The van der Waals surface area contributed by atoms with Crippen LogP contribution in [0.3, 0.4) is 0 Å². The molecule has 1 N–H and O–H groups in total. The Morgan fingerprint density at radius 1 is 1.09 bits per heavy atom. The second-order valence-electron chi connectivity index (χ2n) is 5.04. The highest BCUT2D eigenvalue weighted by Crippen LogP contribution is 2.12. The monoisotopic (exact) mass is 299 g/mol. The van der Waals surface area contributed by atoms with E-state index in [1.54, 1.807) is 7.11 Å². The highest BCUT2D eigenvalue weighted by atomic mass is 16.5. The lowest BCUT2D eigenvalue weighted by atomic mass is 10.1. The van der Waals surface area contributed by atoms with Gasteiger partial charge in [-0.3, -0.25) is 4.79 Å². The fourth-order valence-corrected chi connectivity index (χ4v) is 2.06. The molecule has 2 rings (SSSR count). The minimum Gasteiger partial charge on any atom is -0.497 e. The van der Waals surface area contributed by atoms with Crippen LogP contribution in [0, 0.1) is 6.92 Å². The number of methoxy groups -OCH3 is 1. The van der Waals surface area contributed by atoms with Gasteiger partial charge in [0.15, 0.2) is 0 Å². The summed E-state index contributed by atoms with van der Waals surface area (Å²) in [6.45, 7) is 2.96. The number of benzene rings is 2. The lowest BCUT2D eigenvalue weighted by Gasteiger charge is -2.08. The van der Waals surface area contributed by atoms with Gasteiger partial charge in [0.05, 0.1) is 20.1 Å². The van der Waals surface area contributed by atoms with Crippen LogP contribution in [-0.4, -0.2) is 26.2 Å². The third kappa shape index (κ3) is 5.13. The summed E-state index contributed by atoms with van der Waals surface area (Å²) in [4.78, 5) is 11.8.